The molecule has 0 aromatic rings. The fourth-order valence-electron chi connectivity index (χ4n) is 3.04. The Morgan fingerprint density at radius 2 is 1.83 bits per heavy atom. The minimum Gasteiger partial charge on any atom is -0.325 e. The van der Waals surface area contributed by atoms with E-state index >= 15 is 0 Å². The zero-order valence-corrected chi connectivity index (χ0v) is 8.98. The van der Waals surface area contributed by atoms with Gasteiger partial charge in [-0.15, -0.1) is 0 Å². The van der Waals surface area contributed by atoms with Gasteiger partial charge in [0.25, 0.3) is 0 Å². The van der Waals surface area contributed by atoms with Crippen LogP contribution in [0.4, 0.5) is 0 Å². The Balaban J connectivity index is 2.66. The van der Waals surface area contributed by atoms with Crippen LogP contribution in [0, 0.1) is 11.3 Å². The molecule has 1 fully saturated rings. The van der Waals surface area contributed by atoms with E-state index in [-0.39, 0.29) is 5.54 Å². The highest BCUT2D eigenvalue weighted by atomic mass is 14.7. The highest BCUT2D eigenvalue weighted by Crippen LogP contribution is 2.43. The van der Waals surface area contributed by atoms with E-state index < -0.39 is 0 Å². The van der Waals surface area contributed by atoms with Crippen molar-refractivity contribution >= 4 is 0 Å². The van der Waals surface area contributed by atoms with Crippen LogP contribution in [0.25, 0.3) is 0 Å². The maximum absolute atomic E-state index is 6.22. The van der Waals surface area contributed by atoms with Crippen LogP contribution in [0.1, 0.15) is 53.4 Å². The smallest absolute Gasteiger partial charge is 0.0133 e. The Hall–Kier alpha value is -0.0400. The van der Waals surface area contributed by atoms with E-state index in [4.69, 9.17) is 5.73 Å². The number of hydrogen-bond donors (Lipinski definition) is 1. The molecule has 0 heterocycles. The van der Waals surface area contributed by atoms with Gasteiger partial charge in [0, 0.05) is 5.54 Å². The van der Waals surface area contributed by atoms with Gasteiger partial charge in [-0.25, -0.2) is 0 Å². The predicted octanol–water partition coefficient (Wildman–Crippen LogP) is 2.94. The average molecular weight is 169 g/mol. The summed E-state index contributed by atoms with van der Waals surface area (Å²) < 4.78 is 0. The molecule has 1 aliphatic carbocycles. The first-order chi connectivity index (χ1) is 5.35. The Bertz CT molecular complexity index is 142. The molecule has 0 aromatic heterocycles. The molecular formula is C11H23N. The first kappa shape index (κ1) is 10.0. The van der Waals surface area contributed by atoms with E-state index in [1.807, 2.05) is 0 Å². The lowest BCUT2D eigenvalue weighted by molar-refractivity contribution is 0.108. The topological polar surface area (TPSA) is 26.0 Å². The summed E-state index contributed by atoms with van der Waals surface area (Å²) in [6, 6.07) is 0. The highest BCUT2D eigenvalue weighted by molar-refractivity contribution is 4.94. The van der Waals surface area contributed by atoms with Crippen molar-refractivity contribution < 1.29 is 0 Å². The summed E-state index contributed by atoms with van der Waals surface area (Å²) in [6.07, 6.45) is 5.04. The van der Waals surface area contributed by atoms with Gasteiger partial charge in [-0.1, -0.05) is 27.2 Å². The molecule has 1 saturated carbocycles. The monoisotopic (exact) mass is 169 g/mol. The van der Waals surface area contributed by atoms with Gasteiger partial charge in [0.15, 0.2) is 0 Å². The van der Waals surface area contributed by atoms with Crippen molar-refractivity contribution in [2.45, 2.75) is 58.9 Å². The molecule has 0 aliphatic heterocycles. The summed E-state index contributed by atoms with van der Waals surface area (Å²) in [6.45, 7) is 9.18. The van der Waals surface area contributed by atoms with Gasteiger partial charge in [-0.3, -0.25) is 0 Å². The Morgan fingerprint density at radius 1 is 1.25 bits per heavy atom. The fraction of sp³-hybridized carbons (Fsp3) is 1.00. The largest absolute Gasteiger partial charge is 0.325 e. The maximum Gasteiger partial charge on any atom is 0.0133 e. The minimum atomic E-state index is 0.0857. The normalized spacial score (nSPS) is 41.2. The summed E-state index contributed by atoms with van der Waals surface area (Å²) in [5.41, 5.74) is 6.77. The van der Waals surface area contributed by atoms with E-state index in [0.29, 0.717) is 5.41 Å². The first-order valence-corrected chi connectivity index (χ1v) is 5.13. The molecule has 0 amide bonds. The Labute approximate surface area is 76.7 Å². The van der Waals surface area contributed by atoms with Crippen LogP contribution in [-0.4, -0.2) is 5.54 Å². The lowest BCUT2D eigenvalue weighted by Gasteiger charge is -2.44. The minimum absolute atomic E-state index is 0.0857. The second kappa shape index (κ2) is 3.02. The van der Waals surface area contributed by atoms with Crippen LogP contribution in [0.5, 0.6) is 0 Å². The van der Waals surface area contributed by atoms with Crippen molar-refractivity contribution in [1.29, 1.82) is 0 Å². The third kappa shape index (κ3) is 2.48. The second-order valence-corrected chi connectivity index (χ2v) is 5.68. The van der Waals surface area contributed by atoms with Gasteiger partial charge in [-0.2, -0.15) is 0 Å². The molecule has 0 unspecified atom stereocenters. The van der Waals surface area contributed by atoms with Crippen molar-refractivity contribution in [1.82, 2.24) is 0 Å². The standard InChI is InChI=1S/C11H23N/c1-5-9-6-10(2,3)8-11(4,12)7-9/h9H,5-8,12H2,1-4H3/t9-,11-/m0/s1. The molecule has 1 aliphatic rings. The lowest BCUT2D eigenvalue weighted by Crippen LogP contribution is -2.47. The van der Waals surface area contributed by atoms with Crippen LogP contribution >= 0.6 is 0 Å². The van der Waals surface area contributed by atoms with Crippen molar-refractivity contribution in [3.8, 4) is 0 Å². The van der Waals surface area contributed by atoms with Crippen LogP contribution in [0.2, 0.25) is 0 Å². The number of hydrogen-bond acceptors (Lipinski definition) is 1. The van der Waals surface area contributed by atoms with E-state index in [1.165, 1.54) is 25.7 Å². The van der Waals surface area contributed by atoms with Gasteiger partial charge in [0.1, 0.15) is 0 Å². The molecule has 1 heteroatoms. The molecular weight excluding hydrogens is 146 g/mol. The SMILES string of the molecule is CC[C@H]1CC(C)(C)C[C@@](C)(N)C1. The summed E-state index contributed by atoms with van der Waals surface area (Å²) in [4.78, 5) is 0. The van der Waals surface area contributed by atoms with Gasteiger partial charge in [0.05, 0.1) is 0 Å². The van der Waals surface area contributed by atoms with Crippen molar-refractivity contribution in [3.05, 3.63) is 0 Å². The number of nitrogens with two attached hydrogens (primary N) is 1. The molecule has 1 nitrogen and oxygen atoms in total. The van der Waals surface area contributed by atoms with Crippen LogP contribution in [0.3, 0.4) is 0 Å². The van der Waals surface area contributed by atoms with E-state index in [2.05, 4.69) is 27.7 Å². The van der Waals surface area contributed by atoms with E-state index in [9.17, 15) is 0 Å². The first-order valence-electron chi connectivity index (χ1n) is 5.13. The van der Waals surface area contributed by atoms with Gasteiger partial charge in [0.2, 0.25) is 0 Å². The molecule has 0 spiro atoms. The van der Waals surface area contributed by atoms with Gasteiger partial charge >= 0.3 is 0 Å². The van der Waals surface area contributed by atoms with Crippen molar-refractivity contribution in [2.75, 3.05) is 0 Å². The van der Waals surface area contributed by atoms with Gasteiger partial charge < -0.3 is 5.73 Å². The van der Waals surface area contributed by atoms with Crippen molar-refractivity contribution in [2.24, 2.45) is 17.1 Å². The molecule has 0 aromatic carbocycles. The second-order valence-electron chi connectivity index (χ2n) is 5.68. The average Bonchev–Trinajstić information content (AvgIpc) is 1.80. The zero-order valence-electron chi connectivity index (χ0n) is 8.98. The van der Waals surface area contributed by atoms with E-state index in [0.717, 1.165) is 5.92 Å². The quantitative estimate of drug-likeness (QED) is 0.641. The Morgan fingerprint density at radius 3 is 2.25 bits per heavy atom. The molecule has 2 atom stereocenters. The van der Waals surface area contributed by atoms with Crippen LogP contribution < -0.4 is 5.73 Å². The van der Waals surface area contributed by atoms with Crippen molar-refractivity contribution in [3.63, 3.8) is 0 Å². The Kier molecular flexibility index (Phi) is 2.53. The molecule has 12 heavy (non-hydrogen) atoms. The predicted molar refractivity (Wildman–Crippen MR) is 54.0 cm³/mol. The highest BCUT2D eigenvalue weighted by Gasteiger charge is 2.37. The van der Waals surface area contributed by atoms with Crippen LogP contribution in [0.15, 0.2) is 0 Å². The molecule has 0 bridgehead atoms. The third-order valence-corrected chi connectivity index (χ3v) is 3.06. The summed E-state index contributed by atoms with van der Waals surface area (Å²) in [5, 5.41) is 0. The summed E-state index contributed by atoms with van der Waals surface area (Å²) in [7, 11) is 0. The lowest BCUT2D eigenvalue weighted by atomic mass is 9.64. The summed E-state index contributed by atoms with van der Waals surface area (Å²) in [5.74, 6) is 0.851. The molecule has 72 valence electrons. The molecule has 2 N–H and O–H groups in total. The van der Waals surface area contributed by atoms with E-state index in [1.54, 1.807) is 0 Å². The fourth-order valence-corrected chi connectivity index (χ4v) is 3.04. The summed E-state index contributed by atoms with van der Waals surface area (Å²) >= 11 is 0. The number of rotatable bonds is 1. The third-order valence-electron chi connectivity index (χ3n) is 3.06. The van der Waals surface area contributed by atoms with Crippen LogP contribution in [-0.2, 0) is 0 Å². The molecule has 1 rings (SSSR count). The zero-order chi connectivity index (χ0) is 9.41. The molecule has 0 radical (unpaired) electrons. The molecule has 0 saturated heterocycles. The van der Waals surface area contributed by atoms with Gasteiger partial charge in [-0.05, 0) is 37.5 Å². The maximum atomic E-state index is 6.22.